The summed E-state index contributed by atoms with van der Waals surface area (Å²) >= 11 is 0. The molecule has 1 aromatic rings. The molecule has 1 fully saturated rings. The summed E-state index contributed by atoms with van der Waals surface area (Å²) in [5, 5.41) is 11.7. The maximum Gasteiger partial charge on any atom is 0.305 e. The number of carbonyl (C=O) groups excluding carboxylic acids is 1. The molecule has 1 amide bonds. The molecule has 6 heteroatoms. The number of hydrogen-bond donors (Lipinski definition) is 2. The van der Waals surface area contributed by atoms with Gasteiger partial charge in [-0.2, -0.15) is 0 Å². The first-order chi connectivity index (χ1) is 10.1. The number of carbonyl (C=O) groups is 2. The molecule has 2 rings (SSSR count). The van der Waals surface area contributed by atoms with Gasteiger partial charge in [-0.05, 0) is 30.5 Å². The summed E-state index contributed by atoms with van der Waals surface area (Å²) in [5.74, 6) is -1.75. The maximum atomic E-state index is 12.9. The van der Waals surface area contributed by atoms with Gasteiger partial charge in [0, 0.05) is 19.1 Å². The number of hydrogen-bond acceptors (Lipinski definition) is 3. The summed E-state index contributed by atoms with van der Waals surface area (Å²) in [6.07, 6.45) is 1.03. The van der Waals surface area contributed by atoms with Gasteiger partial charge in [-0.1, -0.05) is 12.1 Å². The standard InChI is InChI=1S/C15H18FNO4/c16-12-3-1-10(2-4-12)13(9-14(18)19)17-15(20)11-5-7-21-8-6-11/h1-4,11,13H,5-9H2,(H,17,20)(H,18,19)/t13-/m1/s1. The first kappa shape index (κ1) is 15.4. The van der Waals surface area contributed by atoms with Crippen LogP contribution in [0.2, 0.25) is 0 Å². The summed E-state index contributed by atoms with van der Waals surface area (Å²) in [6.45, 7) is 1.08. The highest BCUT2D eigenvalue weighted by molar-refractivity contribution is 5.80. The van der Waals surface area contributed by atoms with E-state index in [9.17, 15) is 14.0 Å². The molecule has 0 bridgehead atoms. The highest BCUT2D eigenvalue weighted by atomic mass is 19.1. The van der Waals surface area contributed by atoms with Gasteiger partial charge in [0.2, 0.25) is 5.91 Å². The quantitative estimate of drug-likeness (QED) is 0.869. The smallest absolute Gasteiger partial charge is 0.305 e. The Balaban J connectivity index is 2.06. The summed E-state index contributed by atoms with van der Waals surface area (Å²) < 4.78 is 18.1. The molecular formula is C15H18FNO4. The lowest BCUT2D eigenvalue weighted by Crippen LogP contribution is -2.37. The van der Waals surface area contributed by atoms with E-state index in [-0.39, 0.29) is 18.2 Å². The second kappa shape index (κ2) is 7.17. The number of carboxylic acids is 1. The first-order valence-electron chi connectivity index (χ1n) is 6.91. The molecule has 1 aliphatic rings. The Bertz CT molecular complexity index is 497. The lowest BCUT2D eigenvalue weighted by atomic mass is 9.97. The number of amides is 1. The molecule has 1 aliphatic heterocycles. The molecule has 1 aromatic carbocycles. The average molecular weight is 295 g/mol. The fourth-order valence-electron chi connectivity index (χ4n) is 2.37. The number of carboxylic acid groups (broad SMARTS) is 1. The summed E-state index contributed by atoms with van der Waals surface area (Å²) in [4.78, 5) is 23.2. The molecule has 0 aromatic heterocycles. The van der Waals surface area contributed by atoms with Crippen molar-refractivity contribution in [1.29, 1.82) is 0 Å². The predicted molar refractivity (Wildman–Crippen MR) is 73.1 cm³/mol. The van der Waals surface area contributed by atoms with Crippen molar-refractivity contribution in [2.75, 3.05) is 13.2 Å². The van der Waals surface area contributed by atoms with E-state index >= 15 is 0 Å². The molecule has 21 heavy (non-hydrogen) atoms. The van der Waals surface area contributed by atoms with Gasteiger partial charge in [0.05, 0.1) is 12.5 Å². The molecule has 0 saturated carbocycles. The van der Waals surface area contributed by atoms with Crippen LogP contribution in [0.5, 0.6) is 0 Å². The summed E-state index contributed by atoms with van der Waals surface area (Å²) in [7, 11) is 0. The van der Waals surface area contributed by atoms with Gasteiger partial charge in [0.1, 0.15) is 5.82 Å². The van der Waals surface area contributed by atoms with Gasteiger partial charge in [-0.15, -0.1) is 0 Å². The normalized spacial score (nSPS) is 17.2. The minimum Gasteiger partial charge on any atom is -0.481 e. The van der Waals surface area contributed by atoms with Crippen LogP contribution in [0, 0.1) is 11.7 Å². The Labute approximate surface area is 122 Å². The van der Waals surface area contributed by atoms with Crippen molar-refractivity contribution in [3.63, 3.8) is 0 Å². The summed E-state index contributed by atoms with van der Waals surface area (Å²) in [6, 6.07) is 4.84. The molecule has 2 N–H and O–H groups in total. The molecule has 0 radical (unpaired) electrons. The second-order valence-corrected chi connectivity index (χ2v) is 5.10. The molecule has 1 heterocycles. The Morgan fingerprint density at radius 2 is 1.90 bits per heavy atom. The van der Waals surface area contributed by atoms with Crippen molar-refractivity contribution in [1.82, 2.24) is 5.32 Å². The Morgan fingerprint density at radius 3 is 2.48 bits per heavy atom. The van der Waals surface area contributed by atoms with Gasteiger partial charge < -0.3 is 15.2 Å². The van der Waals surface area contributed by atoms with Crippen LogP contribution in [-0.2, 0) is 14.3 Å². The number of halogens is 1. The molecule has 114 valence electrons. The van der Waals surface area contributed by atoms with Crippen molar-refractivity contribution < 1.29 is 23.8 Å². The van der Waals surface area contributed by atoms with E-state index in [1.165, 1.54) is 24.3 Å². The second-order valence-electron chi connectivity index (χ2n) is 5.10. The van der Waals surface area contributed by atoms with Crippen LogP contribution < -0.4 is 5.32 Å². The largest absolute Gasteiger partial charge is 0.481 e. The number of aliphatic carboxylic acids is 1. The summed E-state index contributed by atoms with van der Waals surface area (Å²) in [5.41, 5.74) is 0.583. The van der Waals surface area contributed by atoms with Gasteiger partial charge in [-0.3, -0.25) is 9.59 Å². The van der Waals surface area contributed by atoms with Gasteiger partial charge in [0.15, 0.2) is 0 Å². The van der Waals surface area contributed by atoms with Crippen LogP contribution in [0.15, 0.2) is 24.3 Å². The van der Waals surface area contributed by atoms with Crippen molar-refractivity contribution >= 4 is 11.9 Å². The van der Waals surface area contributed by atoms with E-state index < -0.39 is 17.8 Å². The number of ether oxygens (including phenoxy) is 1. The molecular weight excluding hydrogens is 277 g/mol. The Morgan fingerprint density at radius 1 is 1.29 bits per heavy atom. The van der Waals surface area contributed by atoms with Crippen LogP contribution in [0.4, 0.5) is 4.39 Å². The lowest BCUT2D eigenvalue weighted by Gasteiger charge is -2.24. The number of benzene rings is 1. The molecule has 0 unspecified atom stereocenters. The van der Waals surface area contributed by atoms with E-state index in [2.05, 4.69) is 5.32 Å². The molecule has 1 saturated heterocycles. The van der Waals surface area contributed by atoms with E-state index in [1.807, 2.05) is 0 Å². The van der Waals surface area contributed by atoms with Crippen LogP contribution in [0.3, 0.4) is 0 Å². The van der Waals surface area contributed by atoms with Crippen LogP contribution in [-0.4, -0.2) is 30.2 Å². The van der Waals surface area contributed by atoms with Gasteiger partial charge in [0.25, 0.3) is 0 Å². The molecule has 1 atom stereocenters. The minimum absolute atomic E-state index is 0.157. The number of rotatable bonds is 5. The van der Waals surface area contributed by atoms with Gasteiger partial charge in [-0.25, -0.2) is 4.39 Å². The van der Waals surface area contributed by atoms with Crippen LogP contribution in [0.25, 0.3) is 0 Å². The van der Waals surface area contributed by atoms with Crippen LogP contribution >= 0.6 is 0 Å². The fraction of sp³-hybridized carbons (Fsp3) is 0.467. The zero-order valence-electron chi connectivity index (χ0n) is 11.5. The molecule has 0 aliphatic carbocycles. The monoisotopic (exact) mass is 295 g/mol. The maximum absolute atomic E-state index is 12.9. The third-order valence-electron chi connectivity index (χ3n) is 3.56. The minimum atomic E-state index is -1.02. The van der Waals surface area contributed by atoms with E-state index in [4.69, 9.17) is 9.84 Å². The SMILES string of the molecule is O=C(O)C[C@@H](NC(=O)C1CCOCC1)c1ccc(F)cc1. The average Bonchev–Trinajstić information content (AvgIpc) is 2.48. The van der Waals surface area contributed by atoms with E-state index in [1.54, 1.807) is 0 Å². The van der Waals surface area contributed by atoms with Crippen molar-refractivity contribution in [2.24, 2.45) is 5.92 Å². The van der Waals surface area contributed by atoms with Crippen molar-refractivity contribution in [3.8, 4) is 0 Å². The van der Waals surface area contributed by atoms with Crippen LogP contribution in [0.1, 0.15) is 30.9 Å². The highest BCUT2D eigenvalue weighted by Gasteiger charge is 2.25. The highest BCUT2D eigenvalue weighted by Crippen LogP contribution is 2.21. The zero-order valence-corrected chi connectivity index (χ0v) is 11.5. The third kappa shape index (κ3) is 4.53. The van der Waals surface area contributed by atoms with Crippen molar-refractivity contribution in [3.05, 3.63) is 35.6 Å². The van der Waals surface area contributed by atoms with Crippen molar-refractivity contribution in [2.45, 2.75) is 25.3 Å². The molecule has 0 spiro atoms. The topological polar surface area (TPSA) is 75.6 Å². The Kier molecular flexibility index (Phi) is 5.27. The number of nitrogens with one attached hydrogen (secondary N) is 1. The third-order valence-corrected chi connectivity index (χ3v) is 3.56. The van der Waals surface area contributed by atoms with E-state index in [0.717, 1.165) is 0 Å². The predicted octanol–water partition coefficient (Wildman–Crippen LogP) is 1.88. The Hall–Kier alpha value is -1.95. The molecule has 5 nitrogen and oxygen atoms in total. The lowest BCUT2D eigenvalue weighted by molar-refractivity contribution is -0.138. The zero-order chi connectivity index (χ0) is 15.2. The first-order valence-corrected chi connectivity index (χ1v) is 6.91. The van der Waals surface area contributed by atoms with Gasteiger partial charge >= 0.3 is 5.97 Å². The van der Waals surface area contributed by atoms with E-state index in [0.29, 0.717) is 31.6 Å². The fourth-order valence-corrected chi connectivity index (χ4v) is 2.37.